The van der Waals surface area contributed by atoms with E-state index in [1.807, 2.05) is 25.1 Å². The zero-order chi connectivity index (χ0) is 20.1. The SMILES string of the molecule is CCN(CC(=O)Nc1c(Cl)cccc1Cl)C(=O)/C=C/c1ccc2c(c1)CCO2. The molecular weight excluding hydrogens is 399 g/mol. The number of amides is 2. The second-order valence-electron chi connectivity index (χ2n) is 6.30. The van der Waals surface area contributed by atoms with E-state index >= 15 is 0 Å². The van der Waals surface area contributed by atoms with Crippen molar-refractivity contribution in [2.45, 2.75) is 13.3 Å². The van der Waals surface area contributed by atoms with Gasteiger partial charge in [0, 0.05) is 19.0 Å². The summed E-state index contributed by atoms with van der Waals surface area (Å²) < 4.78 is 5.48. The number of rotatable bonds is 6. The lowest BCUT2D eigenvalue weighted by molar-refractivity contribution is -0.130. The van der Waals surface area contributed by atoms with E-state index in [1.165, 1.54) is 11.0 Å². The first-order valence-corrected chi connectivity index (χ1v) is 9.70. The third-order valence-corrected chi connectivity index (χ3v) is 5.02. The predicted molar refractivity (Wildman–Crippen MR) is 112 cm³/mol. The van der Waals surface area contributed by atoms with Gasteiger partial charge in [-0.1, -0.05) is 35.3 Å². The van der Waals surface area contributed by atoms with Crippen molar-refractivity contribution >= 4 is 46.8 Å². The molecule has 0 bridgehead atoms. The molecule has 0 saturated carbocycles. The number of para-hydroxylation sites is 1. The van der Waals surface area contributed by atoms with Crippen molar-refractivity contribution in [2.24, 2.45) is 0 Å². The average Bonchev–Trinajstić information content (AvgIpc) is 3.15. The van der Waals surface area contributed by atoms with Gasteiger partial charge in [-0.2, -0.15) is 0 Å². The van der Waals surface area contributed by atoms with Gasteiger partial charge >= 0.3 is 0 Å². The molecule has 1 aliphatic rings. The molecule has 1 heterocycles. The van der Waals surface area contributed by atoms with Crippen LogP contribution in [0.25, 0.3) is 6.08 Å². The summed E-state index contributed by atoms with van der Waals surface area (Å²) in [4.78, 5) is 26.3. The van der Waals surface area contributed by atoms with E-state index in [4.69, 9.17) is 27.9 Å². The Morgan fingerprint density at radius 2 is 1.96 bits per heavy atom. The first kappa shape index (κ1) is 20.2. The fourth-order valence-corrected chi connectivity index (χ4v) is 3.39. The lowest BCUT2D eigenvalue weighted by Crippen LogP contribution is -2.37. The summed E-state index contributed by atoms with van der Waals surface area (Å²) in [5.41, 5.74) is 2.40. The van der Waals surface area contributed by atoms with E-state index < -0.39 is 0 Å². The number of hydrogen-bond donors (Lipinski definition) is 1. The van der Waals surface area contributed by atoms with Crippen molar-refractivity contribution < 1.29 is 14.3 Å². The van der Waals surface area contributed by atoms with Crippen LogP contribution in [0.3, 0.4) is 0 Å². The molecule has 2 aromatic rings. The van der Waals surface area contributed by atoms with Crippen LogP contribution in [0.15, 0.2) is 42.5 Å². The van der Waals surface area contributed by atoms with Gasteiger partial charge in [-0.25, -0.2) is 0 Å². The summed E-state index contributed by atoms with van der Waals surface area (Å²) in [7, 11) is 0. The molecule has 0 fully saturated rings. The molecule has 0 unspecified atom stereocenters. The number of nitrogens with zero attached hydrogens (tertiary/aromatic N) is 1. The van der Waals surface area contributed by atoms with Gasteiger partial charge in [0.2, 0.25) is 11.8 Å². The van der Waals surface area contributed by atoms with E-state index in [0.29, 0.717) is 28.9 Å². The Morgan fingerprint density at radius 1 is 1.21 bits per heavy atom. The highest BCUT2D eigenvalue weighted by Crippen LogP contribution is 2.29. The topological polar surface area (TPSA) is 58.6 Å². The van der Waals surface area contributed by atoms with E-state index in [9.17, 15) is 9.59 Å². The quantitative estimate of drug-likeness (QED) is 0.705. The fraction of sp³-hybridized carbons (Fsp3) is 0.238. The summed E-state index contributed by atoms with van der Waals surface area (Å²) in [6, 6.07) is 10.8. The molecule has 0 radical (unpaired) electrons. The van der Waals surface area contributed by atoms with Gasteiger partial charge < -0.3 is 15.0 Å². The molecule has 1 aliphatic heterocycles. The molecule has 7 heteroatoms. The van der Waals surface area contributed by atoms with Crippen LogP contribution in [0.5, 0.6) is 5.75 Å². The van der Waals surface area contributed by atoms with Gasteiger partial charge in [-0.15, -0.1) is 0 Å². The first-order chi connectivity index (χ1) is 13.5. The number of benzene rings is 2. The second kappa shape index (κ2) is 9.13. The highest BCUT2D eigenvalue weighted by Gasteiger charge is 2.16. The number of carbonyl (C=O) groups excluding carboxylic acids is 2. The van der Waals surface area contributed by atoms with E-state index in [-0.39, 0.29) is 18.4 Å². The number of hydrogen-bond acceptors (Lipinski definition) is 3. The monoisotopic (exact) mass is 418 g/mol. The molecule has 0 atom stereocenters. The number of anilines is 1. The third-order valence-electron chi connectivity index (χ3n) is 4.39. The zero-order valence-corrected chi connectivity index (χ0v) is 16.9. The minimum absolute atomic E-state index is 0.0980. The predicted octanol–water partition coefficient (Wildman–Crippen LogP) is 4.43. The lowest BCUT2D eigenvalue weighted by atomic mass is 10.1. The molecule has 0 spiro atoms. The van der Waals surface area contributed by atoms with Crippen molar-refractivity contribution in [3.8, 4) is 5.75 Å². The van der Waals surface area contributed by atoms with Crippen LogP contribution in [0.4, 0.5) is 5.69 Å². The molecule has 0 aromatic heterocycles. The second-order valence-corrected chi connectivity index (χ2v) is 7.11. The zero-order valence-electron chi connectivity index (χ0n) is 15.4. The van der Waals surface area contributed by atoms with Gasteiger partial charge in [0.25, 0.3) is 0 Å². The van der Waals surface area contributed by atoms with Gasteiger partial charge in [0.15, 0.2) is 0 Å². The minimum atomic E-state index is -0.367. The van der Waals surface area contributed by atoms with Crippen molar-refractivity contribution in [3.05, 3.63) is 63.6 Å². The van der Waals surface area contributed by atoms with E-state index in [2.05, 4.69) is 5.32 Å². The first-order valence-electron chi connectivity index (χ1n) is 8.94. The summed E-state index contributed by atoms with van der Waals surface area (Å²) in [5, 5.41) is 3.35. The summed E-state index contributed by atoms with van der Waals surface area (Å²) >= 11 is 12.1. The molecule has 0 saturated heterocycles. The van der Waals surface area contributed by atoms with Gasteiger partial charge in [-0.3, -0.25) is 9.59 Å². The summed E-state index contributed by atoms with van der Waals surface area (Å²) in [6.07, 6.45) is 4.08. The number of halogens is 2. The fourth-order valence-electron chi connectivity index (χ4n) is 2.90. The van der Waals surface area contributed by atoms with Crippen molar-refractivity contribution in [1.82, 2.24) is 4.90 Å². The molecule has 1 N–H and O–H groups in total. The summed E-state index contributed by atoms with van der Waals surface area (Å²) in [6.45, 7) is 2.80. The maximum absolute atomic E-state index is 12.5. The van der Waals surface area contributed by atoms with Crippen LogP contribution in [-0.4, -0.2) is 36.4 Å². The van der Waals surface area contributed by atoms with Crippen molar-refractivity contribution in [3.63, 3.8) is 0 Å². The standard InChI is InChI=1S/C21H20Cl2N2O3/c1-2-25(13-19(26)24-21-16(22)4-3-5-17(21)23)20(27)9-7-14-6-8-18-15(12-14)10-11-28-18/h3-9,12H,2,10-11,13H2,1H3,(H,24,26)/b9-7+. The largest absolute Gasteiger partial charge is 0.493 e. The number of likely N-dealkylation sites (N-methyl/N-ethyl adjacent to an activating group) is 1. The van der Waals surface area contributed by atoms with E-state index in [1.54, 1.807) is 24.3 Å². The average molecular weight is 419 g/mol. The van der Waals surface area contributed by atoms with E-state index in [0.717, 1.165) is 23.3 Å². The highest BCUT2D eigenvalue weighted by molar-refractivity contribution is 6.39. The van der Waals surface area contributed by atoms with Crippen LogP contribution in [-0.2, 0) is 16.0 Å². The maximum atomic E-state index is 12.5. The van der Waals surface area contributed by atoms with Crippen LogP contribution in [0, 0.1) is 0 Å². The van der Waals surface area contributed by atoms with Crippen LogP contribution in [0.2, 0.25) is 10.0 Å². The molecule has 2 aromatic carbocycles. The normalized spacial score (nSPS) is 12.5. The molecule has 5 nitrogen and oxygen atoms in total. The lowest BCUT2D eigenvalue weighted by Gasteiger charge is -2.19. The van der Waals surface area contributed by atoms with Gasteiger partial charge in [0.05, 0.1) is 22.3 Å². The number of nitrogens with one attached hydrogen (secondary N) is 1. The molecule has 28 heavy (non-hydrogen) atoms. The highest BCUT2D eigenvalue weighted by atomic mass is 35.5. The summed E-state index contributed by atoms with van der Waals surface area (Å²) in [5.74, 6) is 0.279. The Labute approximate surface area is 173 Å². The van der Waals surface area contributed by atoms with Crippen LogP contribution < -0.4 is 10.1 Å². The molecule has 3 rings (SSSR count). The van der Waals surface area contributed by atoms with Crippen LogP contribution in [0.1, 0.15) is 18.1 Å². The van der Waals surface area contributed by atoms with Crippen molar-refractivity contribution in [1.29, 1.82) is 0 Å². The molecule has 0 aliphatic carbocycles. The molecular formula is C21H20Cl2N2O3. The van der Waals surface area contributed by atoms with Crippen LogP contribution >= 0.6 is 23.2 Å². The number of carbonyl (C=O) groups is 2. The minimum Gasteiger partial charge on any atom is -0.493 e. The Kier molecular flexibility index (Phi) is 6.60. The van der Waals surface area contributed by atoms with Crippen molar-refractivity contribution in [2.75, 3.05) is 25.0 Å². The number of ether oxygens (including phenoxy) is 1. The molecule has 146 valence electrons. The Balaban J connectivity index is 1.62. The smallest absolute Gasteiger partial charge is 0.247 e. The number of fused-ring (bicyclic) bond motifs is 1. The molecule has 2 amide bonds. The Bertz CT molecular complexity index is 908. The Hall–Kier alpha value is -2.50. The van der Waals surface area contributed by atoms with Gasteiger partial charge in [0.1, 0.15) is 12.3 Å². The van der Waals surface area contributed by atoms with Gasteiger partial charge in [-0.05, 0) is 48.4 Å². The third kappa shape index (κ3) is 4.86. The maximum Gasteiger partial charge on any atom is 0.247 e. The Morgan fingerprint density at radius 3 is 2.68 bits per heavy atom.